The maximum absolute atomic E-state index is 16.8. The zero-order valence-corrected chi connectivity index (χ0v) is 17.8. The number of allylic oxidation sites excluding steroid dienone is 1. The lowest BCUT2D eigenvalue weighted by Crippen LogP contribution is -2.68. The second kappa shape index (κ2) is 6.55. The minimum absolute atomic E-state index is 0.0241. The number of halogens is 1. The zero-order chi connectivity index (χ0) is 22.1. The van der Waals surface area contributed by atoms with Gasteiger partial charge in [-0.3, -0.25) is 19.2 Å². The highest BCUT2D eigenvalue weighted by molar-refractivity contribution is 5.97. The number of carbonyl (C=O) groups is 4. The molecule has 4 rings (SSSR count). The van der Waals surface area contributed by atoms with Gasteiger partial charge in [0, 0.05) is 36.5 Å². The highest BCUT2D eigenvalue weighted by Crippen LogP contribution is 2.69. The second-order valence-electron chi connectivity index (χ2n) is 10.1. The molecule has 0 bridgehead atoms. The third-order valence-electron chi connectivity index (χ3n) is 8.82. The van der Waals surface area contributed by atoms with E-state index < -0.39 is 52.2 Å². The van der Waals surface area contributed by atoms with Crippen LogP contribution in [0.5, 0.6) is 0 Å². The van der Waals surface area contributed by atoms with Crippen LogP contribution in [0.15, 0.2) is 11.6 Å². The lowest BCUT2D eigenvalue weighted by Gasteiger charge is -2.60. The van der Waals surface area contributed by atoms with Crippen LogP contribution in [0.3, 0.4) is 0 Å². The fraction of sp³-hybridized carbons (Fsp3) is 0.739. The molecule has 0 saturated heterocycles. The lowest BCUT2D eigenvalue weighted by atomic mass is 9.44. The maximum Gasteiger partial charge on any atom is 0.303 e. The number of rotatable bonds is 3. The fourth-order valence-electron chi connectivity index (χ4n) is 7.04. The number of ether oxygens (including phenoxy) is 1. The molecular weight excluding hydrogens is 391 g/mol. The molecule has 0 heterocycles. The summed E-state index contributed by atoms with van der Waals surface area (Å²) in [6.45, 7) is 4.08. The molecule has 0 aliphatic heterocycles. The SMILES string of the molecule is CC(=O)OCC(=O)[C@@]1(O)CC[C@H]2[C@@H]3CCC4=CC(=O)CC[C@]4(C)C3(F)C(=O)C[C@@]21C. The molecule has 3 saturated carbocycles. The summed E-state index contributed by atoms with van der Waals surface area (Å²) in [6.07, 6.45) is 3.29. The van der Waals surface area contributed by atoms with Crippen molar-refractivity contribution in [2.75, 3.05) is 6.61 Å². The van der Waals surface area contributed by atoms with Crippen LogP contribution in [0.25, 0.3) is 0 Å². The molecule has 1 unspecified atom stereocenters. The largest absolute Gasteiger partial charge is 0.458 e. The van der Waals surface area contributed by atoms with Crippen LogP contribution in [0, 0.1) is 22.7 Å². The summed E-state index contributed by atoms with van der Waals surface area (Å²) in [6, 6.07) is 0. The van der Waals surface area contributed by atoms with Gasteiger partial charge in [-0.2, -0.15) is 0 Å². The van der Waals surface area contributed by atoms with Gasteiger partial charge in [-0.25, -0.2) is 4.39 Å². The van der Waals surface area contributed by atoms with Crippen LogP contribution in [0.4, 0.5) is 4.39 Å². The number of Topliss-reactive ketones (excluding diaryl/α,β-unsaturated/α-hetero) is 2. The van der Waals surface area contributed by atoms with Gasteiger partial charge in [-0.15, -0.1) is 0 Å². The van der Waals surface area contributed by atoms with Gasteiger partial charge in [-0.05, 0) is 44.1 Å². The molecule has 4 aliphatic carbocycles. The Morgan fingerprint density at radius 3 is 2.53 bits per heavy atom. The van der Waals surface area contributed by atoms with Crippen molar-refractivity contribution in [2.45, 2.75) is 77.0 Å². The van der Waals surface area contributed by atoms with Crippen molar-refractivity contribution >= 4 is 23.3 Å². The number of aliphatic hydroxyl groups is 1. The van der Waals surface area contributed by atoms with Crippen molar-refractivity contribution in [3.8, 4) is 0 Å². The number of alkyl halides is 1. The molecule has 7 heteroatoms. The highest BCUT2D eigenvalue weighted by atomic mass is 19.1. The van der Waals surface area contributed by atoms with E-state index in [0.717, 1.165) is 0 Å². The Bertz CT molecular complexity index is 879. The van der Waals surface area contributed by atoms with Gasteiger partial charge >= 0.3 is 5.97 Å². The molecule has 0 aromatic rings. The standard InChI is InChI=1S/C23H29FO6/c1-13(25)30-12-19(28)22(29)9-7-16-17-5-4-14-10-15(26)6-8-20(14,2)23(17,24)18(27)11-21(16,22)3/h10,16-17,29H,4-9,11-12H2,1-3H3/t16-,17-,20-,21-,22-,23?/m0/s1. The summed E-state index contributed by atoms with van der Waals surface area (Å²) in [7, 11) is 0. The minimum Gasteiger partial charge on any atom is -0.458 e. The fourth-order valence-corrected chi connectivity index (χ4v) is 7.04. The quantitative estimate of drug-likeness (QED) is 0.705. The van der Waals surface area contributed by atoms with E-state index in [1.54, 1.807) is 13.8 Å². The number of ketones is 3. The average molecular weight is 420 g/mol. The molecule has 6 nitrogen and oxygen atoms in total. The molecule has 30 heavy (non-hydrogen) atoms. The number of fused-ring (bicyclic) bond motifs is 5. The molecule has 4 aliphatic rings. The Hall–Kier alpha value is -1.89. The molecule has 3 fully saturated rings. The molecule has 164 valence electrons. The predicted octanol–water partition coefficient (Wildman–Crippen LogP) is 2.65. The summed E-state index contributed by atoms with van der Waals surface area (Å²) in [4.78, 5) is 49.3. The van der Waals surface area contributed by atoms with E-state index in [0.29, 0.717) is 31.3 Å². The van der Waals surface area contributed by atoms with Gasteiger partial charge < -0.3 is 9.84 Å². The Morgan fingerprint density at radius 1 is 1.17 bits per heavy atom. The first-order valence-corrected chi connectivity index (χ1v) is 10.8. The topological polar surface area (TPSA) is 97.7 Å². The molecule has 6 atom stereocenters. The summed E-state index contributed by atoms with van der Waals surface area (Å²) >= 11 is 0. The van der Waals surface area contributed by atoms with Gasteiger partial charge in [0.2, 0.25) is 5.78 Å². The van der Waals surface area contributed by atoms with Crippen molar-refractivity contribution < 1.29 is 33.4 Å². The second-order valence-corrected chi connectivity index (χ2v) is 10.1. The van der Waals surface area contributed by atoms with Crippen LogP contribution < -0.4 is 0 Å². The van der Waals surface area contributed by atoms with E-state index in [1.165, 1.54) is 13.0 Å². The molecule has 0 spiro atoms. The van der Waals surface area contributed by atoms with E-state index in [-0.39, 0.29) is 31.0 Å². The first-order chi connectivity index (χ1) is 13.9. The molecule has 0 amide bonds. The monoisotopic (exact) mass is 420 g/mol. The van der Waals surface area contributed by atoms with E-state index >= 15 is 4.39 Å². The van der Waals surface area contributed by atoms with Gasteiger partial charge in [0.25, 0.3) is 0 Å². The smallest absolute Gasteiger partial charge is 0.303 e. The van der Waals surface area contributed by atoms with E-state index in [4.69, 9.17) is 4.74 Å². The maximum atomic E-state index is 16.8. The normalized spacial score (nSPS) is 45.2. The van der Waals surface area contributed by atoms with Crippen molar-refractivity contribution in [1.29, 1.82) is 0 Å². The lowest BCUT2D eigenvalue weighted by molar-refractivity contribution is -0.190. The summed E-state index contributed by atoms with van der Waals surface area (Å²) in [5, 5.41) is 11.4. The molecular formula is C23H29FO6. The minimum atomic E-state index is -2.11. The Morgan fingerprint density at radius 2 is 1.87 bits per heavy atom. The van der Waals surface area contributed by atoms with Crippen LogP contribution in [0.1, 0.15) is 65.7 Å². The molecule has 0 aromatic heterocycles. The summed E-state index contributed by atoms with van der Waals surface area (Å²) < 4.78 is 21.6. The Labute approximate surface area is 175 Å². The Kier molecular flexibility index (Phi) is 4.66. The number of carbonyl (C=O) groups excluding carboxylic acids is 4. The molecule has 1 N–H and O–H groups in total. The van der Waals surface area contributed by atoms with E-state index in [2.05, 4.69) is 0 Å². The van der Waals surface area contributed by atoms with E-state index in [9.17, 15) is 24.3 Å². The number of esters is 1. The molecule has 0 radical (unpaired) electrons. The van der Waals surface area contributed by atoms with Crippen LogP contribution >= 0.6 is 0 Å². The van der Waals surface area contributed by atoms with Crippen molar-refractivity contribution in [2.24, 2.45) is 22.7 Å². The highest BCUT2D eigenvalue weighted by Gasteiger charge is 2.74. The van der Waals surface area contributed by atoms with Crippen molar-refractivity contribution in [3.05, 3.63) is 11.6 Å². The third kappa shape index (κ3) is 2.50. The predicted molar refractivity (Wildman–Crippen MR) is 104 cm³/mol. The Balaban J connectivity index is 1.72. The average Bonchev–Trinajstić information content (AvgIpc) is 2.94. The summed E-state index contributed by atoms with van der Waals surface area (Å²) in [5.74, 6) is -2.83. The van der Waals surface area contributed by atoms with Crippen molar-refractivity contribution in [1.82, 2.24) is 0 Å². The summed E-state index contributed by atoms with van der Waals surface area (Å²) in [5.41, 5.74) is -5.35. The van der Waals surface area contributed by atoms with Crippen LogP contribution in [-0.2, 0) is 23.9 Å². The number of hydrogen-bond donors (Lipinski definition) is 1. The van der Waals surface area contributed by atoms with Gasteiger partial charge in [-0.1, -0.05) is 19.4 Å². The van der Waals surface area contributed by atoms with Crippen LogP contribution in [0.2, 0.25) is 0 Å². The van der Waals surface area contributed by atoms with Gasteiger partial charge in [0.1, 0.15) is 5.60 Å². The van der Waals surface area contributed by atoms with Crippen LogP contribution in [-0.4, -0.2) is 46.3 Å². The third-order valence-corrected chi connectivity index (χ3v) is 8.82. The number of hydrogen-bond acceptors (Lipinski definition) is 6. The van der Waals surface area contributed by atoms with Crippen molar-refractivity contribution in [3.63, 3.8) is 0 Å². The molecule has 0 aromatic carbocycles. The van der Waals surface area contributed by atoms with Gasteiger partial charge in [0.05, 0.1) is 0 Å². The van der Waals surface area contributed by atoms with Gasteiger partial charge in [0.15, 0.2) is 23.8 Å². The first-order valence-electron chi connectivity index (χ1n) is 10.8. The zero-order valence-electron chi connectivity index (χ0n) is 17.8. The first kappa shape index (κ1) is 21.3. The van der Waals surface area contributed by atoms with E-state index in [1.807, 2.05) is 0 Å².